The molecule has 3 heterocycles. The first kappa shape index (κ1) is 19.6. The first-order valence-electron chi connectivity index (χ1n) is 10.3. The molecule has 2 saturated heterocycles. The molecular formula is C21H28N6O2. The van der Waals surface area contributed by atoms with Crippen LogP contribution in [0.4, 0.5) is 17.2 Å². The van der Waals surface area contributed by atoms with Crippen molar-refractivity contribution < 1.29 is 9.53 Å². The summed E-state index contributed by atoms with van der Waals surface area (Å²) in [7, 11) is 0. The minimum Gasteiger partial charge on any atom is -0.379 e. The van der Waals surface area contributed by atoms with E-state index < -0.39 is 0 Å². The number of anilines is 3. The minimum atomic E-state index is -0.258. The average molecular weight is 396 g/mol. The van der Waals surface area contributed by atoms with Crippen LogP contribution < -0.4 is 15.5 Å². The number of nitrogens with zero attached hydrogens (tertiary/aromatic N) is 4. The van der Waals surface area contributed by atoms with Crippen LogP contribution >= 0.6 is 0 Å². The number of nitrogens with one attached hydrogen (secondary N) is 2. The van der Waals surface area contributed by atoms with E-state index in [2.05, 4.69) is 30.4 Å². The average Bonchev–Trinajstić information content (AvgIpc) is 3.30. The van der Waals surface area contributed by atoms with E-state index in [4.69, 9.17) is 4.74 Å². The summed E-state index contributed by atoms with van der Waals surface area (Å²) in [4.78, 5) is 25.7. The van der Waals surface area contributed by atoms with Gasteiger partial charge in [0.25, 0.3) is 5.91 Å². The Morgan fingerprint density at radius 3 is 2.45 bits per heavy atom. The number of morpholine rings is 1. The number of rotatable bonds is 7. The summed E-state index contributed by atoms with van der Waals surface area (Å²) >= 11 is 0. The highest BCUT2D eigenvalue weighted by atomic mass is 16.5. The van der Waals surface area contributed by atoms with E-state index in [0.29, 0.717) is 11.5 Å². The normalized spacial score (nSPS) is 17.3. The Morgan fingerprint density at radius 1 is 1.00 bits per heavy atom. The van der Waals surface area contributed by atoms with E-state index in [1.807, 2.05) is 24.3 Å². The Bertz CT molecular complexity index is 784. The molecule has 8 heteroatoms. The smallest absolute Gasteiger partial charge is 0.275 e. The highest BCUT2D eigenvalue weighted by Crippen LogP contribution is 2.22. The largest absolute Gasteiger partial charge is 0.379 e. The predicted octanol–water partition coefficient (Wildman–Crippen LogP) is 2.07. The fourth-order valence-corrected chi connectivity index (χ4v) is 3.63. The van der Waals surface area contributed by atoms with Gasteiger partial charge in [-0.25, -0.2) is 9.97 Å². The molecule has 4 rings (SSSR count). The molecule has 2 aliphatic heterocycles. The molecule has 2 fully saturated rings. The maximum atomic E-state index is 12.4. The van der Waals surface area contributed by atoms with Gasteiger partial charge < -0.3 is 20.3 Å². The Kier molecular flexibility index (Phi) is 6.53. The molecule has 0 unspecified atom stereocenters. The van der Waals surface area contributed by atoms with Gasteiger partial charge in [0.15, 0.2) is 0 Å². The van der Waals surface area contributed by atoms with Gasteiger partial charge in [-0.1, -0.05) is 0 Å². The molecule has 2 N–H and O–H groups in total. The van der Waals surface area contributed by atoms with Crippen LogP contribution in [-0.4, -0.2) is 73.3 Å². The highest BCUT2D eigenvalue weighted by molar-refractivity contribution is 6.02. The molecule has 0 spiro atoms. The molecular weight excluding hydrogens is 368 g/mol. The van der Waals surface area contributed by atoms with Crippen LogP contribution in [-0.2, 0) is 4.74 Å². The zero-order valence-corrected chi connectivity index (χ0v) is 16.6. The Morgan fingerprint density at radius 2 is 1.76 bits per heavy atom. The third-order valence-electron chi connectivity index (χ3n) is 5.32. The van der Waals surface area contributed by atoms with Crippen molar-refractivity contribution in [2.24, 2.45) is 0 Å². The van der Waals surface area contributed by atoms with Crippen LogP contribution in [0.2, 0.25) is 0 Å². The van der Waals surface area contributed by atoms with Crippen molar-refractivity contribution in [1.29, 1.82) is 0 Å². The Balaban J connectivity index is 1.25. The standard InChI is InChI=1S/C21H28N6O2/c28-21(25-17-3-5-18(6-4-17)27-8-1-2-9-27)19-15-24-20(16-23-19)22-7-10-26-11-13-29-14-12-26/h3-6,15-16H,1-2,7-14H2,(H,22,24)(H,25,28). The van der Waals surface area contributed by atoms with Gasteiger partial charge in [0.2, 0.25) is 0 Å². The van der Waals surface area contributed by atoms with E-state index in [1.165, 1.54) is 24.7 Å². The molecule has 154 valence electrons. The lowest BCUT2D eigenvalue weighted by Crippen LogP contribution is -2.39. The maximum Gasteiger partial charge on any atom is 0.275 e. The van der Waals surface area contributed by atoms with Crippen LogP contribution in [0.15, 0.2) is 36.7 Å². The first-order chi connectivity index (χ1) is 14.3. The van der Waals surface area contributed by atoms with E-state index in [-0.39, 0.29) is 5.91 Å². The second kappa shape index (κ2) is 9.67. The van der Waals surface area contributed by atoms with Gasteiger partial charge >= 0.3 is 0 Å². The Labute approximate surface area is 171 Å². The molecule has 29 heavy (non-hydrogen) atoms. The molecule has 1 aromatic heterocycles. The number of aromatic nitrogens is 2. The van der Waals surface area contributed by atoms with E-state index >= 15 is 0 Å². The van der Waals surface area contributed by atoms with Crippen molar-refractivity contribution >= 4 is 23.1 Å². The van der Waals surface area contributed by atoms with Crippen molar-refractivity contribution in [3.05, 3.63) is 42.4 Å². The van der Waals surface area contributed by atoms with Crippen molar-refractivity contribution in [3.8, 4) is 0 Å². The number of carbonyl (C=O) groups excluding carboxylic acids is 1. The predicted molar refractivity (Wildman–Crippen MR) is 114 cm³/mol. The van der Waals surface area contributed by atoms with Gasteiger partial charge in [0, 0.05) is 50.6 Å². The van der Waals surface area contributed by atoms with Crippen LogP contribution in [0.1, 0.15) is 23.3 Å². The van der Waals surface area contributed by atoms with Gasteiger partial charge in [0.05, 0.1) is 25.6 Å². The lowest BCUT2D eigenvalue weighted by atomic mass is 10.2. The summed E-state index contributed by atoms with van der Waals surface area (Å²) in [6.07, 6.45) is 5.60. The molecule has 1 aromatic carbocycles. The van der Waals surface area contributed by atoms with Crippen molar-refractivity contribution in [1.82, 2.24) is 14.9 Å². The molecule has 8 nitrogen and oxygen atoms in total. The number of ether oxygens (including phenoxy) is 1. The fraction of sp³-hybridized carbons (Fsp3) is 0.476. The quantitative estimate of drug-likeness (QED) is 0.741. The third kappa shape index (κ3) is 5.42. The summed E-state index contributed by atoms with van der Waals surface area (Å²) < 4.78 is 5.35. The topological polar surface area (TPSA) is 82.6 Å². The monoisotopic (exact) mass is 396 g/mol. The minimum absolute atomic E-state index is 0.258. The number of hydrogen-bond donors (Lipinski definition) is 2. The van der Waals surface area contributed by atoms with Gasteiger partial charge in [-0.15, -0.1) is 0 Å². The summed E-state index contributed by atoms with van der Waals surface area (Å²) in [6, 6.07) is 7.96. The molecule has 2 aliphatic rings. The van der Waals surface area contributed by atoms with Crippen molar-refractivity contribution in [3.63, 3.8) is 0 Å². The number of benzene rings is 1. The first-order valence-corrected chi connectivity index (χ1v) is 10.3. The van der Waals surface area contributed by atoms with Gasteiger partial charge in [0.1, 0.15) is 11.5 Å². The number of hydrogen-bond acceptors (Lipinski definition) is 7. The van der Waals surface area contributed by atoms with Gasteiger partial charge in [-0.2, -0.15) is 0 Å². The molecule has 0 bridgehead atoms. The second-order valence-corrected chi connectivity index (χ2v) is 7.36. The lowest BCUT2D eigenvalue weighted by Gasteiger charge is -2.26. The molecule has 0 saturated carbocycles. The second-order valence-electron chi connectivity index (χ2n) is 7.36. The fourth-order valence-electron chi connectivity index (χ4n) is 3.63. The number of amides is 1. The Hall–Kier alpha value is -2.71. The van der Waals surface area contributed by atoms with Crippen molar-refractivity contribution in [2.45, 2.75) is 12.8 Å². The highest BCUT2D eigenvalue weighted by Gasteiger charge is 2.13. The molecule has 0 radical (unpaired) electrons. The summed E-state index contributed by atoms with van der Waals surface area (Å²) in [5, 5.41) is 6.13. The van der Waals surface area contributed by atoms with E-state index in [1.54, 1.807) is 6.20 Å². The molecule has 0 atom stereocenters. The van der Waals surface area contributed by atoms with Crippen LogP contribution in [0.3, 0.4) is 0 Å². The lowest BCUT2D eigenvalue weighted by molar-refractivity contribution is 0.0398. The zero-order valence-electron chi connectivity index (χ0n) is 16.6. The number of carbonyl (C=O) groups is 1. The van der Waals surface area contributed by atoms with E-state index in [0.717, 1.165) is 58.2 Å². The van der Waals surface area contributed by atoms with Gasteiger partial charge in [-0.05, 0) is 37.1 Å². The van der Waals surface area contributed by atoms with Crippen LogP contribution in [0.25, 0.3) is 0 Å². The third-order valence-corrected chi connectivity index (χ3v) is 5.32. The summed E-state index contributed by atoms with van der Waals surface area (Å²) in [5.41, 5.74) is 2.26. The molecule has 0 aliphatic carbocycles. The van der Waals surface area contributed by atoms with Crippen LogP contribution in [0, 0.1) is 0 Å². The van der Waals surface area contributed by atoms with Gasteiger partial charge in [-0.3, -0.25) is 9.69 Å². The SMILES string of the molecule is O=C(Nc1ccc(N2CCCC2)cc1)c1cnc(NCCN2CCOCC2)cn1. The molecule has 2 aromatic rings. The van der Waals surface area contributed by atoms with Crippen molar-refractivity contribution in [2.75, 3.05) is 68.0 Å². The maximum absolute atomic E-state index is 12.4. The van der Waals surface area contributed by atoms with Crippen LogP contribution in [0.5, 0.6) is 0 Å². The van der Waals surface area contributed by atoms with E-state index in [9.17, 15) is 4.79 Å². The summed E-state index contributed by atoms with van der Waals surface area (Å²) in [5.74, 6) is 0.413. The zero-order chi connectivity index (χ0) is 19.9. The summed E-state index contributed by atoms with van der Waals surface area (Å²) in [6.45, 7) is 7.44. The molecule has 1 amide bonds.